The number of aromatic nitrogens is 6. The van der Waals surface area contributed by atoms with Gasteiger partial charge in [-0.05, 0) is 44.7 Å². The highest BCUT2D eigenvalue weighted by Crippen LogP contribution is 2.31. The summed E-state index contributed by atoms with van der Waals surface area (Å²) in [6, 6.07) is 3.50. The summed E-state index contributed by atoms with van der Waals surface area (Å²) in [6.07, 6.45) is -3.07. The summed E-state index contributed by atoms with van der Waals surface area (Å²) < 4.78 is 49.8. The molecule has 2 atom stereocenters. The van der Waals surface area contributed by atoms with E-state index in [2.05, 4.69) is 25.4 Å². The van der Waals surface area contributed by atoms with Gasteiger partial charge in [-0.15, -0.1) is 5.10 Å². The lowest BCUT2D eigenvalue weighted by Crippen LogP contribution is -2.29. The Morgan fingerprint density at radius 3 is 2.80 bits per heavy atom. The molecule has 188 valence electrons. The minimum Gasteiger partial charge on any atom is -0.489 e. The van der Waals surface area contributed by atoms with E-state index in [-0.39, 0.29) is 30.7 Å². The Labute approximate surface area is 198 Å². The molecule has 1 aliphatic rings. The zero-order chi connectivity index (χ0) is 25.2. The molecule has 0 amide bonds. The van der Waals surface area contributed by atoms with Gasteiger partial charge in [0, 0.05) is 13.5 Å². The third kappa shape index (κ3) is 6.14. The molecule has 35 heavy (non-hydrogen) atoms. The number of hydrogen-bond donors (Lipinski definition) is 1. The Hall–Kier alpha value is -3.51. The number of aryl methyl sites for hydroxylation is 3. The van der Waals surface area contributed by atoms with Gasteiger partial charge in [-0.2, -0.15) is 18.2 Å². The summed E-state index contributed by atoms with van der Waals surface area (Å²) in [5, 5.41) is 21.3. The van der Waals surface area contributed by atoms with Gasteiger partial charge >= 0.3 is 12.1 Å². The number of carboxylic acid groups (broad SMARTS) is 1. The topological polar surface area (TPSA) is 129 Å². The molecule has 0 unspecified atom stereocenters. The minimum absolute atomic E-state index is 0.0858. The fourth-order valence-corrected chi connectivity index (χ4v) is 4.10. The molecular formula is C22H25F3N6O4. The van der Waals surface area contributed by atoms with Gasteiger partial charge in [-0.3, -0.25) is 9.48 Å². The maximum Gasteiger partial charge on any atom is 0.389 e. The predicted molar refractivity (Wildman–Crippen MR) is 114 cm³/mol. The maximum absolute atomic E-state index is 12.4. The summed E-state index contributed by atoms with van der Waals surface area (Å²) in [5.74, 6) is -0.494. The molecule has 1 saturated carbocycles. The molecule has 0 spiro atoms. The first-order valence-corrected chi connectivity index (χ1v) is 11.2. The number of hydrogen-bond acceptors (Lipinski definition) is 8. The van der Waals surface area contributed by atoms with Crippen LogP contribution in [0.1, 0.15) is 55.2 Å². The molecule has 10 nitrogen and oxygen atoms in total. The Morgan fingerprint density at radius 1 is 1.29 bits per heavy atom. The third-order valence-corrected chi connectivity index (χ3v) is 5.95. The van der Waals surface area contributed by atoms with Crippen LogP contribution in [0.4, 0.5) is 13.2 Å². The van der Waals surface area contributed by atoms with E-state index in [0.717, 1.165) is 12.8 Å². The minimum atomic E-state index is -4.30. The second kappa shape index (κ2) is 10.0. The Kier molecular flexibility index (Phi) is 7.03. The summed E-state index contributed by atoms with van der Waals surface area (Å²) in [5.41, 5.74) is 2.24. The van der Waals surface area contributed by atoms with Gasteiger partial charge in [0.2, 0.25) is 5.89 Å². The molecule has 4 rings (SSSR count). The van der Waals surface area contributed by atoms with E-state index in [0.29, 0.717) is 41.4 Å². The summed E-state index contributed by atoms with van der Waals surface area (Å²) in [4.78, 5) is 20.0. The highest BCUT2D eigenvalue weighted by molar-refractivity contribution is 5.70. The van der Waals surface area contributed by atoms with Crippen molar-refractivity contribution in [1.82, 2.24) is 30.1 Å². The van der Waals surface area contributed by atoms with Crippen molar-refractivity contribution >= 4 is 5.97 Å². The molecule has 3 aromatic heterocycles. The molecule has 1 fully saturated rings. The molecule has 3 heterocycles. The fraction of sp³-hybridized carbons (Fsp3) is 0.545. The van der Waals surface area contributed by atoms with Crippen molar-refractivity contribution in [3.8, 4) is 17.1 Å². The summed E-state index contributed by atoms with van der Waals surface area (Å²) in [6.45, 7) is 1.79. The van der Waals surface area contributed by atoms with E-state index in [4.69, 9.17) is 9.26 Å². The van der Waals surface area contributed by atoms with E-state index >= 15 is 0 Å². The zero-order valence-corrected chi connectivity index (χ0v) is 19.2. The van der Waals surface area contributed by atoms with Crippen molar-refractivity contribution in [1.29, 1.82) is 0 Å². The highest BCUT2D eigenvalue weighted by atomic mass is 19.4. The van der Waals surface area contributed by atoms with Gasteiger partial charge in [0.05, 0.1) is 41.9 Å². The molecule has 13 heteroatoms. The number of rotatable bonds is 8. The van der Waals surface area contributed by atoms with E-state index in [1.807, 2.05) is 0 Å². The van der Waals surface area contributed by atoms with Crippen LogP contribution < -0.4 is 4.74 Å². The Balaban J connectivity index is 1.47. The smallest absolute Gasteiger partial charge is 0.389 e. The van der Waals surface area contributed by atoms with Gasteiger partial charge < -0.3 is 14.4 Å². The number of nitrogens with zero attached hydrogens (tertiary/aromatic N) is 6. The van der Waals surface area contributed by atoms with Crippen molar-refractivity contribution < 1.29 is 32.3 Å². The van der Waals surface area contributed by atoms with Crippen LogP contribution in [0.15, 0.2) is 16.7 Å². The first-order chi connectivity index (χ1) is 16.6. The molecule has 0 bridgehead atoms. The maximum atomic E-state index is 12.4. The van der Waals surface area contributed by atoms with Crippen LogP contribution in [0, 0.1) is 12.8 Å². The van der Waals surface area contributed by atoms with Crippen LogP contribution in [0.2, 0.25) is 0 Å². The largest absolute Gasteiger partial charge is 0.489 e. The third-order valence-electron chi connectivity index (χ3n) is 5.95. The van der Waals surface area contributed by atoms with Gasteiger partial charge in [0.1, 0.15) is 11.4 Å². The Bertz CT molecular complexity index is 1190. The van der Waals surface area contributed by atoms with Crippen LogP contribution in [0.25, 0.3) is 11.4 Å². The number of pyridine rings is 1. The number of carboxylic acids is 1. The second-order valence-electron chi connectivity index (χ2n) is 8.63. The summed E-state index contributed by atoms with van der Waals surface area (Å²) in [7, 11) is 1.68. The predicted octanol–water partition coefficient (Wildman–Crippen LogP) is 3.68. The van der Waals surface area contributed by atoms with Gasteiger partial charge in [0.15, 0.2) is 5.82 Å². The van der Waals surface area contributed by atoms with E-state index in [1.165, 1.54) is 4.68 Å². The number of aliphatic carboxylic acids is 1. The van der Waals surface area contributed by atoms with Crippen molar-refractivity contribution in [2.45, 2.75) is 64.1 Å². The van der Waals surface area contributed by atoms with Gasteiger partial charge in [0.25, 0.3) is 0 Å². The van der Waals surface area contributed by atoms with Gasteiger partial charge in [-0.1, -0.05) is 10.4 Å². The normalized spacial score (nSPS) is 18.5. The fourth-order valence-electron chi connectivity index (χ4n) is 4.10. The van der Waals surface area contributed by atoms with Crippen LogP contribution in [0.3, 0.4) is 0 Å². The zero-order valence-electron chi connectivity index (χ0n) is 19.2. The molecule has 0 aromatic carbocycles. The number of halogens is 3. The first-order valence-electron chi connectivity index (χ1n) is 11.2. The van der Waals surface area contributed by atoms with Crippen molar-refractivity contribution in [3.05, 3.63) is 35.2 Å². The molecule has 0 saturated heterocycles. The van der Waals surface area contributed by atoms with E-state index < -0.39 is 24.5 Å². The molecular weight excluding hydrogens is 469 g/mol. The lowest BCUT2D eigenvalue weighted by atomic mass is 9.87. The second-order valence-corrected chi connectivity index (χ2v) is 8.63. The number of alkyl halides is 3. The van der Waals surface area contributed by atoms with Crippen LogP contribution in [0.5, 0.6) is 5.75 Å². The highest BCUT2D eigenvalue weighted by Gasteiger charge is 2.29. The van der Waals surface area contributed by atoms with Crippen LogP contribution >= 0.6 is 0 Å². The number of ether oxygens (including phenoxy) is 1. The quantitative estimate of drug-likeness (QED) is 0.498. The standard InChI is InChI=1S/C22H25F3N6O4/c1-12-17(34-14-5-3-4-13(10-14)21(32)33)7-6-15(26-12)20-16(31(2)30-28-20)11-18-27-19(35-29-18)8-9-22(23,24)25/h6-7,13-14H,3-5,8-11H2,1-2H3,(H,32,33)/t13-,14-/m0/s1. The molecule has 0 radical (unpaired) electrons. The Morgan fingerprint density at radius 2 is 2.09 bits per heavy atom. The average Bonchev–Trinajstić information content (AvgIpc) is 3.40. The number of carbonyl (C=O) groups is 1. The van der Waals surface area contributed by atoms with Crippen molar-refractivity contribution in [2.24, 2.45) is 13.0 Å². The molecule has 1 aliphatic carbocycles. The lowest BCUT2D eigenvalue weighted by molar-refractivity contribution is -0.144. The lowest BCUT2D eigenvalue weighted by Gasteiger charge is -2.27. The van der Waals surface area contributed by atoms with Crippen LogP contribution in [-0.4, -0.2) is 53.5 Å². The monoisotopic (exact) mass is 494 g/mol. The first kappa shape index (κ1) is 24.6. The van der Waals surface area contributed by atoms with Gasteiger partial charge in [-0.25, -0.2) is 4.98 Å². The average molecular weight is 494 g/mol. The van der Waals surface area contributed by atoms with E-state index in [9.17, 15) is 23.1 Å². The molecule has 0 aliphatic heterocycles. The van der Waals surface area contributed by atoms with Crippen molar-refractivity contribution in [3.63, 3.8) is 0 Å². The summed E-state index contributed by atoms with van der Waals surface area (Å²) >= 11 is 0. The van der Waals surface area contributed by atoms with E-state index in [1.54, 1.807) is 26.1 Å². The SMILES string of the molecule is Cc1nc(-c2nnn(C)c2Cc2noc(CCC(F)(F)F)n2)ccc1O[C@H]1CCC[C@H](C(=O)O)C1. The molecule has 3 aromatic rings. The van der Waals surface area contributed by atoms with Crippen molar-refractivity contribution in [2.75, 3.05) is 0 Å². The molecule has 1 N–H and O–H groups in total. The van der Waals surface area contributed by atoms with Crippen LogP contribution in [-0.2, 0) is 24.7 Å².